The van der Waals surface area contributed by atoms with E-state index in [9.17, 15) is 4.39 Å². The first-order chi connectivity index (χ1) is 16.0. The van der Waals surface area contributed by atoms with Crippen molar-refractivity contribution < 1.29 is 13.9 Å². The zero-order valence-corrected chi connectivity index (χ0v) is 19.5. The molecular formula is C27H30FN3O2. The second-order valence-corrected chi connectivity index (χ2v) is 9.03. The van der Waals surface area contributed by atoms with E-state index in [0.29, 0.717) is 18.0 Å². The van der Waals surface area contributed by atoms with Gasteiger partial charge in [0.25, 0.3) is 0 Å². The molecule has 1 fully saturated rings. The molecule has 5 rings (SSSR count). The lowest BCUT2D eigenvalue weighted by Crippen LogP contribution is -2.39. The van der Waals surface area contributed by atoms with Crippen LogP contribution in [-0.4, -0.2) is 20.8 Å². The second-order valence-electron chi connectivity index (χ2n) is 9.03. The Hall–Kier alpha value is -3.09. The predicted molar refractivity (Wildman–Crippen MR) is 128 cm³/mol. The van der Waals surface area contributed by atoms with Crippen LogP contribution >= 0.6 is 0 Å². The normalized spacial score (nSPS) is 21.5. The quantitative estimate of drug-likeness (QED) is 0.577. The highest BCUT2D eigenvalue weighted by Gasteiger charge is 2.43. The fraction of sp³-hybridized carbons (Fsp3) is 0.333. The highest BCUT2D eigenvalue weighted by atomic mass is 19.1. The van der Waals surface area contributed by atoms with Crippen molar-refractivity contribution in [3.63, 3.8) is 0 Å². The molecule has 2 heterocycles. The first kappa shape index (κ1) is 21.7. The molecule has 0 aromatic heterocycles. The predicted octanol–water partition coefficient (Wildman–Crippen LogP) is 4.99. The van der Waals surface area contributed by atoms with Gasteiger partial charge in [-0.3, -0.25) is 0 Å². The maximum absolute atomic E-state index is 13.9. The highest BCUT2D eigenvalue weighted by Crippen LogP contribution is 2.49. The van der Waals surface area contributed by atoms with Gasteiger partial charge < -0.3 is 14.4 Å². The minimum Gasteiger partial charge on any atom is -0.493 e. The van der Waals surface area contributed by atoms with Crippen LogP contribution in [0.25, 0.3) is 0 Å². The maximum atomic E-state index is 13.9. The molecule has 0 amide bonds. The number of benzene rings is 3. The largest absolute Gasteiger partial charge is 0.493 e. The number of methoxy groups -OCH3 is 2. The Morgan fingerprint density at radius 2 is 1.67 bits per heavy atom. The number of hydrogen-bond acceptors (Lipinski definition) is 5. The Morgan fingerprint density at radius 1 is 0.909 bits per heavy atom. The number of aryl methyl sites for hydroxylation is 2. The fourth-order valence-corrected chi connectivity index (χ4v) is 5.16. The molecule has 6 heteroatoms. The summed E-state index contributed by atoms with van der Waals surface area (Å²) >= 11 is 0. The first-order valence-corrected chi connectivity index (χ1v) is 11.3. The van der Waals surface area contributed by atoms with Crippen molar-refractivity contribution in [2.45, 2.75) is 32.5 Å². The van der Waals surface area contributed by atoms with Crippen LogP contribution in [0.5, 0.6) is 11.5 Å². The smallest absolute Gasteiger partial charge is 0.162 e. The highest BCUT2D eigenvalue weighted by molar-refractivity contribution is 5.65. The van der Waals surface area contributed by atoms with Crippen molar-refractivity contribution in [3.8, 4) is 11.5 Å². The monoisotopic (exact) mass is 447 g/mol. The summed E-state index contributed by atoms with van der Waals surface area (Å²) in [5.41, 5.74) is 14.1. The molecule has 2 N–H and O–H groups in total. The van der Waals surface area contributed by atoms with E-state index < -0.39 is 0 Å². The number of nitrogens with one attached hydrogen (secondary N) is 2. The standard InChI is InChI=1S/C27H30FN3O2/c1-16-8-9-19(10-17(16)2)26-22-15-31(14-18-6-5-7-20(28)11-18)23-13-25(33-4)24(32-3)12-21(23)27(22)30-29-26/h5-13,22,26-27,29-30H,14-15H2,1-4H3. The average molecular weight is 448 g/mol. The Kier molecular flexibility index (Phi) is 5.72. The van der Waals surface area contributed by atoms with E-state index in [1.807, 2.05) is 12.1 Å². The van der Waals surface area contributed by atoms with Gasteiger partial charge in [-0.05, 0) is 59.9 Å². The van der Waals surface area contributed by atoms with E-state index in [0.717, 1.165) is 23.4 Å². The van der Waals surface area contributed by atoms with Gasteiger partial charge in [-0.15, -0.1) is 0 Å². The van der Waals surface area contributed by atoms with Crippen LogP contribution in [0, 0.1) is 25.6 Å². The van der Waals surface area contributed by atoms with Crippen molar-refractivity contribution in [1.29, 1.82) is 0 Å². The third kappa shape index (κ3) is 3.94. The summed E-state index contributed by atoms with van der Waals surface area (Å²) < 4.78 is 25.1. The molecule has 5 nitrogen and oxygen atoms in total. The number of hydrazine groups is 1. The molecular weight excluding hydrogens is 417 g/mol. The number of anilines is 1. The van der Waals surface area contributed by atoms with E-state index in [2.05, 4.69) is 53.9 Å². The van der Waals surface area contributed by atoms with Gasteiger partial charge in [0, 0.05) is 30.8 Å². The maximum Gasteiger partial charge on any atom is 0.162 e. The summed E-state index contributed by atoms with van der Waals surface area (Å²) in [5.74, 6) is 1.47. The van der Waals surface area contributed by atoms with Gasteiger partial charge in [-0.25, -0.2) is 15.2 Å². The number of rotatable bonds is 5. The van der Waals surface area contributed by atoms with Crippen LogP contribution in [0.3, 0.4) is 0 Å². The minimum absolute atomic E-state index is 0.121. The van der Waals surface area contributed by atoms with Crippen LogP contribution in [0.15, 0.2) is 54.6 Å². The van der Waals surface area contributed by atoms with Crippen molar-refractivity contribution in [2.75, 3.05) is 25.7 Å². The van der Waals surface area contributed by atoms with Gasteiger partial charge in [0.1, 0.15) is 5.82 Å². The molecule has 3 atom stereocenters. The van der Waals surface area contributed by atoms with E-state index in [-0.39, 0.29) is 23.8 Å². The molecule has 172 valence electrons. The Balaban J connectivity index is 1.57. The lowest BCUT2D eigenvalue weighted by Gasteiger charge is -2.39. The molecule has 0 spiro atoms. The van der Waals surface area contributed by atoms with Gasteiger partial charge in [0.15, 0.2) is 11.5 Å². The molecule has 0 aliphatic carbocycles. The topological polar surface area (TPSA) is 45.8 Å². The fourth-order valence-electron chi connectivity index (χ4n) is 5.16. The van der Waals surface area contributed by atoms with Gasteiger partial charge in [-0.1, -0.05) is 30.3 Å². The average Bonchev–Trinajstić information content (AvgIpc) is 3.24. The lowest BCUT2D eigenvalue weighted by molar-refractivity contribution is 0.350. The van der Waals surface area contributed by atoms with Gasteiger partial charge >= 0.3 is 0 Å². The summed E-state index contributed by atoms with van der Waals surface area (Å²) in [6.45, 7) is 5.73. The van der Waals surface area contributed by atoms with Gasteiger partial charge in [0.05, 0.1) is 26.3 Å². The number of hydrogen-bond donors (Lipinski definition) is 2. The Labute approximate surface area is 194 Å². The summed E-state index contributed by atoms with van der Waals surface area (Å²) in [7, 11) is 3.31. The van der Waals surface area contributed by atoms with E-state index >= 15 is 0 Å². The zero-order valence-electron chi connectivity index (χ0n) is 19.5. The number of ether oxygens (including phenoxy) is 2. The van der Waals surface area contributed by atoms with Crippen molar-refractivity contribution in [1.82, 2.24) is 10.9 Å². The molecule has 2 aliphatic heterocycles. The third-order valence-corrected chi connectivity index (χ3v) is 7.04. The molecule has 2 aliphatic rings. The summed E-state index contributed by atoms with van der Waals surface area (Å²) in [4.78, 5) is 2.33. The van der Waals surface area contributed by atoms with Crippen LogP contribution in [0.2, 0.25) is 0 Å². The second kappa shape index (κ2) is 8.69. The molecule has 3 aromatic carbocycles. The van der Waals surface area contributed by atoms with Crippen LogP contribution < -0.4 is 25.2 Å². The summed E-state index contributed by atoms with van der Waals surface area (Å²) in [6.07, 6.45) is 0. The van der Waals surface area contributed by atoms with Gasteiger partial charge in [-0.2, -0.15) is 0 Å². The van der Waals surface area contributed by atoms with Crippen molar-refractivity contribution in [3.05, 3.63) is 88.2 Å². The van der Waals surface area contributed by atoms with Crippen LogP contribution in [0.1, 0.15) is 39.9 Å². The Bertz CT molecular complexity index is 1180. The molecule has 0 saturated carbocycles. The minimum atomic E-state index is -0.216. The lowest BCUT2D eigenvalue weighted by atomic mass is 9.81. The SMILES string of the molecule is COc1cc2c(cc1OC)N(Cc1cccc(F)c1)CC1C(c3ccc(C)c(C)c3)NNC21. The molecule has 3 unspecified atom stereocenters. The number of fused-ring (bicyclic) bond motifs is 3. The zero-order chi connectivity index (χ0) is 23.1. The summed E-state index contributed by atoms with van der Waals surface area (Å²) in [6, 6.07) is 17.9. The molecule has 0 radical (unpaired) electrons. The van der Waals surface area contributed by atoms with Crippen LogP contribution in [-0.2, 0) is 6.54 Å². The molecule has 0 bridgehead atoms. The number of nitrogens with zero attached hydrogens (tertiary/aromatic N) is 1. The Morgan fingerprint density at radius 3 is 2.39 bits per heavy atom. The van der Waals surface area contributed by atoms with Crippen LogP contribution in [0.4, 0.5) is 10.1 Å². The third-order valence-electron chi connectivity index (χ3n) is 7.04. The van der Waals surface area contributed by atoms with Crippen molar-refractivity contribution >= 4 is 5.69 Å². The molecule has 1 saturated heterocycles. The van der Waals surface area contributed by atoms with Crippen molar-refractivity contribution in [2.24, 2.45) is 5.92 Å². The van der Waals surface area contributed by atoms with E-state index in [1.165, 1.54) is 22.8 Å². The number of halogens is 1. The molecule has 33 heavy (non-hydrogen) atoms. The van der Waals surface area contributed by atoms with E-state index in [1.54, 1.807) is 26.4 Å². The molecule has 3 aromatic rings. The van der Waals surface area contributed by atoms with Gasteiger partial charge in [0.2, 0.25) is 0 Å². The van der Waals surface area contributed by atoms with E-state index in [4.69, 9.17) is 9.47 Å². The summed E-state index contributed by atoms with van der Waals surface area (Å²) in [5, 5.41) is 0. The first-order valence-electron chi connectivity index (χ1n) is 11.3.